The highest BCUT2D eigenvalue weighted by Crippen LogP contribution is 2.28. The SMILES string of the molecule is Cc1c(Br)cccc1C(CCCC1CCCO1)NN. The topological polar surface area (TPSA) is 47.3 Å². The van der Waals surface area contributed by atoms with Gasteiger partial charge in [0.05, 0.1) is 6.10 Å². The minimum atomic E-state index is 0.221. The van der Waals surface area contributed by atoms with Gasteiger partial charge >= 0.3 is 0 Å². The summed E-state index contributed by atoms with van der Waals surface area (Å²) in [5, 5.41) is 0. The summed E-state index contributed by atoms with van der Waals surface area (Å²) in [4.78, 5) is 0. The Kier molecular flexibility index (Phi) is 5.82. The molecule has 3 N–H and O–H groups in total. The van der Waals surface area contributed by atoms with Gasteiger partial charge in [0.1, 0.15) is 0 Å². The second-order valence-electron chi connectivity index (χ2n) is 5.24. The van der Waals surface area contributed by atoms with Gasteiger partial charge in [-0.1, -0.05) is 28.1 Å². The molecule has 0 saturated carbocycles. The van der Waals surface area contributed by atoms with Crippen LogP contribution in [-0.4, -0.2) is 12.7 Å². The van der Waals surface area contributed by atoms with Crippen LogP contribution >= 0.6 is 15.9 Å². The van der Waals surface area contributed by atoms with E-state index in [0.29, 0.717) is 6.10 Å². The predicted molar refractivity (Wildman–Crippen MR) is 81.8 cm³/mol. The number of hydrogen-bond donors (Lipinski definition) is 2. The number of benzene rings is 1. The molecule has 4 heteroatoms. The molecule has 19 heavy (non-hydrogen) atoms. The van der Waals surface area contributed by atoms with Crippen LogP contribution in [0, 0.1) is 6.92 Å². The first-order chi connectivity index (χ1) is 9.22. The van der Waals surface area contributed by atoms with E-state index in [1.54, 1.807) is 0 Å². The fourth-order valence-corrected chi connectivity index (χ4v) is 3.13. The summed E-state index contributed by atoms with van der Waals surface area (Å²) in [7, 11) is 0. The highest BCUT2D eigenvalue weighted by atomic mass is 79.9. The zero-order chi connectivity index (χ0) is 13.7. The van der Waals surface area contributed by atoms with E-state index in [4.69, 9.17) is 10.6 Å². The molecular weight excluding hydrogens is 304 g/mol. The Balaban J connectivity index is 1.90. The Labute approximate surface area is 124 Å². The molecule has 1 aromatic rings. The van der Waals surface area contributed by atoms with Crippen LogP contribution in [0.1, 0.15) is 49.3 Å². The first kappa shape index (κ1) is 15.0. The molecule has 1 fully saturated rings. The highest BCUT2D eigenvalue weighted by molar-refractivity contribution is 9.10. The van der Waals surface area contributed by atoms with Crippen molar-refractivity contribution in [1.29, 1.82) is 0 Å². The summed E-state index contributed by atoms with van der Waals surface area (Å²) in [5.41, 5.74) is 5.50. The largest absolute Gasteiger partial charge is 0.378 e. The third-order valence-corrected chi connectivity index (χ3v) is 4.79. The molecule has 3 nitrogen and oxygen atoms in total. The second kappa shape index (κ2) is 7.39. The lowest BCUT2D eigenvalue weighted by Gasteiger charge is -2.20. The van der Waals surface area contributed by atoms with Crippen molar-refractivity contribution in [2.75, 3.05) is 6.61 Å². The number of ether oxygens (including phenoxy) is 1. The Morgan fingerprint density at radius 1 is 1.53 bits per heavy atom. The predicted octanol–water partition coefficient (Wildman–Crippen LogP) is 3.61. The summed E-state index contributed by atoms with van der Waals surface area (Å²) in [6, 6.07) is 6.51. The number of hydrazine groups is 1. The van der Waals surface area contributed by atoms with Crippen LogP contribution in [0.3, 0.4) is 0 Å². The molecular formula is C15H23BrN2O. The van der Waals surface area contributed by atoms with Gasteiger partial charge in [0, 0.05) is 17.1 Å². The van der Waals surface area contributed by atoms with E-state index in [0.717, 1.165) is 30.3 Å². The fourth-order valence-electron chi connectivity index (χ4n) is 2.75. The first-order valence-electron chi connectivity index (χ1n) is 7.05. The molecule has 0 aromatic heterocycles. The van der Waals surface area contributed by atoms with Crippen LogP contribution in [0.15, 0.2) is 22.7 Å². The van der Waals surface area contributed by atoms with E-state index in [1.807, 2.05) is 0 Å². The lowest BCUT2D eigenvalue weighted by Crippen LogP contribution is -2.28. The average Bonchev–Trinajstić information content (AvgIpc) is 2.92. The molecule has 0 radical (unpaired) electrons. The molecule has 1 aliphatic rings. The standard InChI is InChI=1S/C15H23BrN2O/c1-11-13(7-3-8-14(11)16)15(18-17)9-2-5-12-6-4-10-19-12/h3,7-8,12,15,18H,2,4-6,9-10,17H2,1H3. The molecule has 1 aromatic carbocycles. The van der Waals surface area contributed by atoms with Crippen molar-refractivity contribution in [3.63, 3.8) is 0 Å². The molecule has 0 spiro atoms. The number of rotatable bonds is 6. The zero-order valence-corrected chi connectivity index (χ0v) is 13.1. The second-order valence-corrected chi connectivity index (χ2v) is 6.09. The quantitative estimate of drug-likeness (QED) is 0.620. The monoisotopic (exact) mass is 326 g/mol. The molecule has 106 valence electrons. The molecule has 2 atom stereocenters. The molecule has 1 aliphatic heterocycles. The van der Waals surface area contributed by atoms with Gasteiger partial charge in [0.2, 0.25) is 0 Å². The summed E-state index contributed by atoms with van der Waals surface area (Å²) in [6.07, 6.45) is 6.25. The Morgan fingerprint density at radius 2 is 2.37 bits per heavy atom. The van der Waals surface area contributed by atoms with Crippen molar-refractivity contribution < 1.29 is 4.74 Å². The van der Waals surface area contributed by atoms with Crippen molar-refractivity contribution in [3.05, 3.63) is 33.8 Å². The fraction of sp³-hybridized carbons (Fsp3) is 0.600. The van der Waals surface area contributed by atoms with Gasteiger partial charge in [0.25, 0.3) is 0 Å². The van der Waals surface area contributed by atoms with E-state index in [9.17, 15) is 0 Å². The Bertz CT molecular complexity index is 405. The molecule has 0 bridgehead atoms. The number of hydrogen-bond acceptors (Lipinski definition) is 3. The van der Waals surface area contributed by atoms with Gasteiger partial charge in [-0.2, -0.15) is 0 Å². The van der Waals surface area contributed by atoms with Crippen LogP contribution in [0.2, 0.25) is 0 Å². The number of halogens is 1. The normalized spacial score (nSPS) is 20.7. The Morgan fingerprint density at radius 3 is 3.05 bits per heavy atom. The summed E-state index contributed by atoms with van der Waals surface area (Å²) in [5.74, 6) is 5.72. The molecule has 2 unspecified atom stereocenters. The summed E-state index contributed by atoms with van der Waals surface area (Å²) < 4.78 is 6.80. The maximum Gasteiger partial charge on any atom is 0.0576 e. The number of nitrogens with one attached hydrogen (secondary N) is 1. The van der Waals surface area contributed by atoms with Gasteiger partial charge < -0.3 is 4.74 Å². The molecule has 1 saturated heterocycles. The van der Waals surface area contributed by atoms with Gasteiger partial charge in [-0.25, -0.2) is 0 Å². The number of nitrogens with two attached hydrogens (primary N) is 1. The van der Waals surface area contributed by atoms with E-state index >= 15 is 0 Å². The van der Waals surface area contributed by atoms with E-state index in [2.05, 4.69) is 46.5 Å². The smallest absolute Gasteiger partial charge is 0.0576 e. The van der Waals surface area contributed by atoms with Crippen LogP contribution in [0.5, 0.6) is 0 Å². The maximum atomic E-state index is 5.72. The van der Waals surface area contributed by atoms with E-state index in [1.165, 1.54) is 24.0 Å². The zero-order valence-electron chi connectivity index (χ0n) is 11.5. The molecule has 2 rings (SSSR count). The summed E-state index contributed by atoms with van der Waals surface area (Å²) in [6.45, 7) is 3.07. The van der Waals surface area contributed by atoms with Crippen molar-refractivity contribution in [2.45, 2.75) is 51.2 Å². The van der Waals surface area contributed by atoms with E-state index < -0.39 is 0 Å². The minimum Gasteiger partial charge on any atom is -0.378 e. The van der Waals surface area contributed by atoms with Crippen LogP contribution in [0.4, 0.5) is 0 Å². The van der Waals surface area contributed by atoms with Crippen molar-refractivity contribution in [3.8, 4) is 0 Å². The van der Waals surface area contributed by atoms with Gasteiger partial charge in [-0.15, -0.1) is 0 Å². The van der Waals surface area contributed by atoms with E-state index in [-0.39, 0.29) is 6.04 Å². The molecule has 0 aliphatic carbocycles. The Hall–Kier alpha value is -0.420. The van der Waals surface area contributed by atoms with Gasteiger partial charge in [-0.05, 0) is 56.2 Å². The van der Waals surface area contributed by atoms with Crippen LogP contribution in [-0.2, 0) is 4.74 Å². The van der Waals surface area contributed by atoms with Crippen molar-refractivity contribution in [1.82, 2.24) is 5.43 Å². The molecule has 0 amide bonds. The van der Waals surface area contributed by atoms with Gasteiger partial charge in [-0.3, -0.25) is 11.3 Å². The van der Waals surface area contributed by atoms with Crippen molar-refractivity contribution in [2.24, 2.45) is 5.84 Å². The lowest BCUT2D eigenvalue weighted by atomic mass is 9.96. The third kappa shape index (κ3) is 4.02. The minimum absolute atomic E-state index is 0.221. The highest BCUT2D eigenvalue weighted by Gasteiger charge is 2.17. The lowest BCUT2D eigenvalue weighted by molar-refractivity contribution is 0.101. The maximum absolute atomic E-state index is 5.72. The molecule has 1 heterocycles. The van der Waals surface area contributed by atoms with Crippen LogP contribution < -0.4 is 11.3 Å². The van der Waals surface area contributed by atoms with Crippen LogP contribution in [0.25, 0.3) is 0 Å². The van der Waals surface area contributed by atoms with Crippen molar-refractivity contribution >= 4 is 15.9 Å². The third-order valence-electron chi connectivity index (χ3n) is 3.93. The first-order valence-corrected chi connectivity index (χ1v) is 7.84. The average molecular weight is 327 g/mol. The summed E-state index contributed by atoms with van der Waals surface area (Å²) >= 11 is 3.58. The van der Waals surface area contributed by atoms with Gasteiger partial charge in [0.15, 0.2) is 0 Å².